The van der Waals surface area contributed by atoms with Gasteiger partial charge >= 0.3 is 5.97 Å². The molecular weight excluding hydrogens is 657 g/mol. The Kier molecular flexibility index (Phi) is 7.93. The Morgan fingerprint density at radius 3 is 2.39 bits per heavy atom. The lowest BCUT2D eigenvalue weighted by Crippen LogP contribution is -2.53. The number of ether oxygens (including phenoxy) is 1. The number of nitrogens with zero attached hydrogens (tertiary/aromatic N) is 2. The van der Waals surface area contributed by atoms with Crippen LogP contribution < -0.4 is 10.2 Å². The number of phenols is 1. The lowest BCUT2D eigenvalue weighted by atomic mass is 9.49. The summed E-state index contributed by atoms with van der Waals surface area (Å²) in [7, 11) is 1.39. The molecule has 49 heavy (non-hydrogen) atoms. The number of nitrogens with one attached hydrogen (secondary N) is 1. The Morgan fingerprint density at radius 2 is 1.71 bits per heavy atom. The molecule has 7 rings (SSSR count). The second-order valence-electron chi connectivity index (χ2n) is 12.8. The zero-order valence-corrected chi connectivity index (χ0v) is 26.9. The van der Waals surface area contributed by atoms with E-state index in [-0.39, 0.29) is 36.6 Å². The third kappa shape index (κ3) is 4.96. The number of hydrogen-bond acceptors (Lipinski definition) is 8. The Hall–Kier alpha value is -5.23. The van der Waals surface area contributed by atoms with E-state index in [1.165, 1.54) is 37.4 Å². The molecule has 0 aromatic heterocycles. The summed E-state index contributed by atoms with van der Waals surface area (Å²) in [5.74, 6) is -8.07. The van der Waals surface area contributed by atoms with Crippen molar-refractivity contribution in [3.8, 4) is 11.5 Å². The highest BCUT2D eigenvalue weighted by atomic mass is 35.5. The summed E-state index contributed by atoms with van der Waals surface area (Å²) >= 11 is 6.30. The first kappa shape index (κ1) is 32.3. The van der Waals surface area contributed by atoms with Gasteiger partial charge in [-0.25, -0.2) is 4.39 Å². The quantitative estimate of drug-likeness (QED) is 0.227. The second kappa shape index (κ2) is 12.0. The number of hydrazine groups is 1. The molecule has 252 valence electrons. The number of allylic oxidation sites excluding steroid dienone is 2. The van der Waals surface area contributed by atoms with Gasteiger partial charge in [0.05, 0.1) is 42.4 Å². The van der Waals surface area contributed by atoms with Crippen molar-refractivity contribution in [2.24, 2.45) is 23.7 Å². The van der Waals surface area contributed by atoms with Crippen molar-refractivity contribution in [3.05, 3.63) is 100 Å². The third-order valence-electron chi connectivity index (χ3n) is 10.4. The lowest BCUT2D eigenvalue weighted by Gasteiger charge is -2.50. The Morgan fingerprint density at radius 1 is 1.00 bits per heavy atom. The largest absolute Gasteiger partial charge is 0.504 e. The lowest BCUT2D eigenvalue weighted by molar-refractivity contribution is -0.143. The minimum absolute atomic E-state index is 0.0271. The molecule has 3 aromatic carbocycles. The number of likely N-dealkylation sites (tertiary alicyclic amines) is 1. The molecule has 0 bridgehead atoms. The summed E-state index contributed by atoms with van der Waals surface area (Å²) in [4.78, 5) is 69.5. The fourth-order valence-corrected chi connectivity index (χ4v) is 8.52. The van der Waals surface area contributed by atoms with Crippen LogP contribution in [0, 0.1) is 29.5 Å². The summed E-state index contributed by atoms with van der Waals surface area (Å²) in [6, 6.07) is 16.5. The zero-order chi connectivity index (χ0) is 34.8. The molecule has 0 spiro atoms. The number of rotatable bonds is 8. The average molecular weight is 688 g/mol. The van der Waals surface area contributed by atoms with Crippen LogP contribution >= 0.6 is 11.6 Å². The molecule has 2 saturated heterocycles. The molecule has 2 heterocycles. The van der Waals surface area contributed by atoms with Crippen molar-refractivity contribution in [3.63, 3.8) is 0 Å². The molecule has 11 nitrogen and oxygen atoms in total. The van der Waals surface area contributed by atoms with Crippen LogP contribution in [-0.2, 0) is 29.4 Å². The molecule has 4 amide bonds. The second-order valence-corrected chi connectivity index (χ2v) is 13.2. The first-order chi connectivity index (χ1) is 23.5. The number of aliphatic carboxylic acids is 1. The highest BCUT2D eigenvalue weighted by molar-refractivity contribution is 6.30. The minimum atomic E-state index is -1.60. The van der Waals surface area contributed by atoms with Crippen LogP contribution in [0.1, 0.15) is 36.3 Å². The number of aromatic hydroxyl groups is 1. The van der Waals surface area contributed by atoms with E-state index in [0.717, 1.165) is 9.91 Å². The van der Waals surface area contributed by atoms with Gasteiger partial charge in [0, 0.05) is 17.5 Å². The van der Waals surface area contributed by atoms with E-state index in [9.17, 15) is 33.8 Å². The monoisotopic (exact) mass is 687 g/mol. The number of benzene rings is 3. The van der Waals surface area contributed by atoms with Crippen molar-refractivity contribution in [2.75, 3.05) is 19.1 Å². The number of halogens is 2. The van der Waals surface area contributed by atoms with Gasteiger partial charge in [0.25, 0.3) is 11.8 Å². The van der Waals surface area contributed by atoms with Crippen molar-refractivity contribution in [2.45, 2.75) is 30.6 Å². The maximum atomic E-state index is 15.1. The van der Waals surface area contributed by atoms with Crippen molar-refractivity contribution < 1.29 is 43.3 Å². The first-order valence-corrected chi connectivity index (χ1v) is 16.2. The van der Waals surface area contributed by atoms with Crippen LogP contribution in [0.2, 0.25) is 5.02 Å². The standard InChI is InChI=1S/C36H31ClFN3O8/c1-49-28-16-18(2-13-27(28)42)31-23-11-12-24-30(34(47)40(32(24)45)15-14-29(43)44)25(23)17-26-33(46)41(39-22-9-7-21(38)8-10-22)35(48)36(26,31)19-3-5-20(37)6-4-19/h2-11,13,16,24-26,30-31,39,42H,12,14-15,17H2,1H3,(H,43,44). The molecule has 3 N–H and O–H groups in total. The number of anilines is 1. The molecule has 0 radical (unpaired) electrons. The van der Waals surface area contributed by atoms with E-state index < -0.39 is 76.8 Å². The van der Waals surface area contributed by atoms with E-state index in [1.807, 2.05) is 6.08 Å². The number of imide groups is 2. The van der Waals surface area contributed by atoms with E-state index in [2.05, 4.69) is 5.43 Å². The van der Waals surface area contributed by atoms with Crippen LogP contribution in [-0.4, -0.2) is 63.4 Å². The van der Waals surface area contributed by atoms with Crippen LogP contribution in [0.4, 0.5) is 10.1 Å². The van der Waals surface area contributed by atoms with Gasteiger partial charge in [-0.3, -0.25) is 34.3 Å². The molecule has 1 saturated carbocycles. The summed E-state index contributed by atoms with van der Waals surface area (Å²) in [5.41, 5.74) is 3.26. The van der Waals surface area contributed by atoms with Crippen molar-refractivity contribution >= 4 is 46.9 Å². The smallest absolute Gasteiger partial charge is 0.305 e. The number of carbonyl (C=O) groups excluding carboxylic acids is 4. The van der Waals surface area contributed by atoms with Crippen LogP contribution in [0.3, 0.4) is 0 Å². The van der Waals surface area contributed by atoms with Gasteiger partial charge in [0.1, 0.15) is 5.82 Å². The van der Waals surface area contributed by atoms with Crippen molar-refractivity contribution in [1.29, 1.82) is 0 Å². The molecule has 6 unspecified atom stereocenters. The minimum Gasteiger partial charge on any atom is -0.504 e. The summed E-state index contributed by atoms with van der Waals surface area (Å²) in [6.45, 7) is -0.272. The number of carbonyl (C=O) groups is 5. The SMILES string of the molecule is COc1cc(C2C3=CCC4C(=O)N(CCC(=O)O)C(=O)C4C3CC3C(=O)N(Nc4ccc(F)cc4)C(=O)C32c2ccc(Cl)cc2)ccc1O. The van der Waals surface area contributed by atoms with E-state index in [1.54, 1.807) is 36.4 Å². The van der Waals surface area contributed by atoms with E-state index >= 15 is 4.79 Å². The highest BCUT2D eigenvalue weighted by Crippen LogP contribution is 2.64. The predicted octanol–water partition coefficient (Wildman–Crippen LogP) is 4.65. The summed E-state index contributed by atoms with van der Waals surface area (Å²) in [5, 5.41) is 21.2. The predicted molar refractivity (Wildman–Crippen MR) is 173 cm³/mol. The normalized spacial score (nSPS) is 27.4. The van der Waals surface area contributed by atoms with Gasteiger partial charge in [-0.05, 0) is 78.4 Å². The Labute approximate surface area is 284 Å². The third-order valence-corrected chi connectivity index (χ3v) is 10.7. The molecule has 4 aliphatic rings. The van der Waals surface area contributed by atoms with Gasteiger partial charge < -0.3 is 14.9 Å². The number of methoxy groups -OCH3 is 1. The van der Waals surface area contributed by atoms with Gasteiger partial charge in [0.2, 0.25) is 11.8 Å². The number of amides is 4. The molecule has 3 aromatic rings. The Balaban J connectivity index is 1.43. The zero-order valence-electron chi connectivity index (χ0n) is 26.1. The number of fused-ring (bicyclic) bond motifs is 4. The van der Waals surface area contributed by atoms with Gasteiger partial charge in [-0.2, -0.15) is 5.01 Å². The van der Waals surface area contributed by atoms with Gasteiger partial charge in [0.15, 0.2) is 11.5 Å². The van der Waals surface area contributed by atoms with Gasteiger partial charge in [-0.1, -0.05) is 41.4 Å². The van der Waals surface area contributed by atoms with Gasteiger partial charge in [-0.15, -0.1) is 0 Å². The summed E-state index contributed by atoms with van der Waals surface area (Å²) in [6.07, 6.45) is 1.65. The van der Waals surface area contributed by atoms with E-state index in [4.69, 9.17) is 16.3 Å². The molecule has 13 heteroatoms. The molecular formula is C36H31ClFN3O8. The first-order valence-electron chi connectivity index (χ1n) is 15.8. The molecule has 2 aliphatic heterocycles. The fraction of sp³-hybridized carbons (Fsp3) is 0.306. The topological polar surface area (TPSA) is 154 Å². The number of carboxylic acids is 1. The van der Waals surface area contributed by atoms with Crippen LogP contribution in [0.15, 0.2) is 78.4 Å². The van der Waals surface area contributed by atoms with Crippen molar-refractivity contribution in [1.82, 2.24) is 9.91 Å². The fourth-order valence-electron chi connectivity index (χ4n) is 8.40. The van der Waals surface area contributed by atoms with Crippen LogP contribution in [0.25, 0.3) is 0 Å². The molecule has 3 fully saturated rings. The van der Waals surface area contributed by atoms with E-state index in [0.29, 0.717) is 21.7 Å². The maximum absolute atomic E-state index is 15.1. The molecule has 6 atom stereocenters. The maximum Gasteiger partial charge on any atom is 0.305 e. The molecule has 2 aliphatic carbocycles. The number of hydrogen-bond donors (Lipinski definition) is 3. The highest BCUT2D eigenvalue weighted by Gasteiger charge is 2.70. The average Bonchev–Trinajstić information content (AvgIpc) is 3.45. The number of phenolic OH excluding ortho intramolecular Hbond substituents is 1. The Bertz CT molecular complexity index is 1930. The van der Waals surface area contributed by atoms with Crippen LogP contribution in [0.5, 0.6) is 11.5 Å². The summed E-state index contributed by atoms with van der Waals surface area (Å²) < 4.78 is 19.2. The number of carboxylic acid groups (broad SMARTS) is 1.